The van der Waals surface area contributed by atoms with Gasteiger partial charge >= 0.3 is 0 Å². The molecule has 0 bridgehead atoms. The molecule has 6 heteroatoms. The summed E-state index contributed by atoms with van der Waals surface area (Å²) in [5.41, 5.74) is 9.42. The van der Waals surface area contributed by atoms with Gasteiger partial charge < -0.3 is 11.1 Å². The van der Waals surface area contributed by atoms with Crippen LogP contribution in [0.5, 0.6) is 0 Å². The maximum absolute atomic E-state index is 12.3. The minimum absolute atomic E-state index is 0.151. The Hall–Kier alpha value is -3.15. The highest BCUT2D eigenvalue weighted by atomic mass is 16.2. The molecule has 1 heterocycles. The van der Waals surface area contributed by atoms with Gasteiger partial charge in [0.25, 0.3) is 5.91 Å². The molecular weight excluding hydrogens is 302 g/mol. The lowest BCUT2D eigenvalue weighted by Crippen LogP contribution is -2.24. The summed E-state index contributed by atoms with van der Waals surface area (Å²) in [4.78, 5) is 12.3. The van der Waals surface area contributed by atoms with Crippen LogP contribution in [0.1, 0.15) is 27.2 Å². The van der Waals surface area contributed by atoms with Crippen molar-refractivity contribution in [2.24, 2.45) is 0 Å². The van der Waals surface area contributed by atoms with Crippen LogP contribution in [0.4, 0.5) is 5.82 Å². The number of anilines is 1. The number of aryl methyl sites for hydroxylation is 1. The third-order valence-electron chi connectivity index (χ3n) is 3.70. The molecule has 0 fully saturated rings. The molecule has 0 saturated heterocycles. The zero-order valence-electron chi connectivity index (χ0n) is 13.4. The minimum Gasteiger partial charge on any atom is -0.382 e. The fraction of sp³-hybridized carbons (Fsp3) is 0.167. The van der Waals surface area contributed by atoms with Gasteiger partial charge in [0.15, 0.2) is 11.5 Å². The molecular formula is C18H19N5O. The van der Waals surface area contributed by atoms with Gasteiger partial charge in [-0.1, -0.05) is 65.4 Å². The van der Waals surface area contributed by atoms with Gasteiger partial charge in [-0.3, -0.25) is 4.79 Å². The van der Waals surface area contributed by atoms with Crippen LogP contribution in [0.3, 0.4) is 0 Å². The van der Waals surface area contributed by atoms with Gasteiger partial charge in [-0.15, -0.1) is 5.10 Å². The van der Waals surface area contributed by atoms with Gasteiger partial charge in [0.2, 0.25) is 0 Å². The van der Waals surface area contributed by atoms with Crippen LogP contribution in [-0.2, 0) is 13.1 Å². The van der Waals surface area contributed by atoms with Crippen molar-refractivity contribution in [3.8, 4) is 0 Å². The van der Waals surface area contributed by atoms with Crippen molar-refractivity contribution >= 4 is 11.7 Å². The van der Waals surface area contributed by atoms with Gasteiger partial charge in [0, 0.05) is 6.54 Å². The summed E-state index contributed by atoms with van der Waals surface area (Å²) in [7, 11) is 0. The summed E-state index contributed by atoms with van der Waals surface area (Å²) in [6.45, 7) is 2.92. The van der Waals surface area contributed by atoms with Gasteiger partial charge in [-0.25, -0.2) is 4.68 Å². The lowest BCUT2D eigenvalue weighted by atomic mass is 10.1. The molecule has 0 aliphatic heterocycles. The number of benzene rings is 2. The predicted molar refractivity (Wildman–Crippen MR) is 92.3 cm³/mol. The third kappa shape index (κ3) is 3.60. The van der Waals surface area contributed by atoms with E-state index in [1.807, 2.05) is 55.5 Å². The Morgan fingerprint density at radius 3 is 2.62 bits per heavy atom. The number of hydrogen-bond donors (Lipinski definition) is 2. The lowest BCUT2D eigenvalue weighted by Gasteiger charge is -2.06. The average Bonchev–Trinajstić information content (AvgIpc) is 2.94. The van der Waals surface area contributed by atoms with Crippen molar-refractivity contribution < 1.29 is 4.79 Å². The van der Waals surface area contributed by atoms with Gasteiger partial charge in [-0.05, 0) is 18.1 Å². The third-order valence-corrected chi connectivity index (χ3v) is 3.70. The molecule has 1 amide bonds. The zero-order chi connectivity index (χ0) is 16.9. The van der Waals surface area contributed by atoms with Crippen molar-refractivity contribution in [1.82, 2.24) is 20.3 Å². The van der Waals surface area contributed by atoms with E-state index in [1.54, 1.807) is 0 Å². The van der Waals surface area contributed by atoms with E-state index in [9.17, 15) is 4.79 Å². The summed E-state index contributed by atoms with van der Waals surface area (Å²) in [6, 6.07) is 17.7. The molecule has 24 heavy (non-hydrogen) atoms. The summed E-state index contributed by atoms with van der Waals surface area (Å²) in [5, 5.41) is 10.7. The van der Waals surface area contributed by atoms with Crippen LogP contribution < -0.4 is 11.1 Å². The fourth-order valence-corrected chi connectivity index (χ4v) is 2.44. The zero-order valence-corrected chi connectivity index (χ0v) is 13.4. The van der Waals surface area contributed by atoms with Crippen LogP contribution in [-0.4, -0.2) is 20.9 Å². The summed E-state index contributed by atoms with van der Waals surface area (Å²) < 4.78 is 1.53. The first-order valence-corrected chi connectivity index (χ1v) is 7.70. The number of rotatable bonds is 5. The summed E-state index contributed by atoms with van der Waals surface area (Å²) in [5.74, 6) is -0.0612. The number of carbonyl (C=O) groups is 1. The van der Waals surface area contributed by atoms with Crippen LogP contribution >= 0.6 is 0 Å². The molecule has 1 aromatic heterocycles. The standard InChI is InChI=1S/C18H19N5O/c1-13-6-5-9-15(10-13)12-23-17(19)16(21-22-23)18(24)20-11-14-7-3-2-4-8-14/h2-10H,11-12,19H2,1H3,(H,20,24). The van der Waals surface area contributed by atoms with E-state index in [-0.39, 0.29) is 17.4 Å². The molecule has 6 nitrogen and oxygen atoms in total. The summed E-state index contributed by atoms with van der Waals surface area (Å²) in [6.07, 6.45) is 0. The van der Waals surface area contributed by atoms with Crippen molar-refractivity contribution in [2.45, 2.75) is 20.0 Å². The number of nitrogen functional groups attached to an aromatic ring is 1. The first kappa shape index (κ1) is 15.7. The Morgan fingerprint density at radius 2 is 1.88 bits per heavy atom. The Labute approximate surface area is 140 Å². The van der Waals surface area contributed by atoms with E-state index < -0.39 is 0 Å². The Morgan fingerprint density at radius 1 is 1.12 bits per heavy atom. The normalized spacial score (nSPS) is 10.5. The highest BCUT2D eigenvalue weighted by Gasteiger charge is 2.17. The smallest absolute Gasteiger partial charge is 0.275 e. The number of hydrogen-bond acceptors (Lipinski definition) is 4. The van der Waals surface area contributed by atoms with E-state index in [4.69, 9.17) is 5.73 Å². The second kappa shape index (κ2) is 6.95. The maximum atomic E-state index is 12.3. The van der Waals surface area contributed by atoms with E-state index in [0.29, 0.717) is 13.1 Å². The molecule has 0 spiro atoms. The van der Waals surface area contributed by atoms with Crippen LogP contribution in [0.2, 0.25) is 0 Å². The first-order chi connectivity index (χ1) is 11.6. The Bertz CT molecular complexity index is 842. The molecule has 0 aliphatic carbocycles. The fourth-order valence-electron chi connectivity index (χ4n) is 2.44. The molecule has 3 N–H and O–H groups in total. The number of nitrogens with two attached hydrogens (primary N) is 1. The van der Waals surface area contributed by atoms with Crippen molar-refractivity contribution in [3.05, 3.63) is 77.0 Å². The molecule has 3 rings (SSSR count). The molecule has 3 aromatic rings. The molecule has 0 aliphatic rings. The number of carbonyl (C=O) groups excluding carboxylic acids is 1. The predicted octanol–water partition coefficient (Wildman–Crippen LogP) is 2.15. The lowest BCUT2D eigenvalue weighted by molar-refractivity contribution is 0.0946. The number of nitrogens with zero attached hydrogens (tertiary/aromatic N) is 3. The van der Waals surface area contributed by atoms with E-state index in [1.165, 1.54) is 4.68 Å². The number of aromatic nitrogens is 3. The van der Waals surface area contributed by atoms with Gasteiger partial charge in [0.05, 0.1) is 6.54 Å². The minimum atomic E-state index is -0.327. The van der Waals surface area contributed by atoms with Crippen LogP contribution in [0.25, 0.3) is 0 Å². The van der Waals surface area contributed by atoms with Crippen molar-refractivity contribution in [1.29, 1.82) is 0 Å². The highest BCUT2D eigenvalue weighted by Crippen LogP contribution is 2.12. The van der Waals surface area contributed by atoms with Crippen molar-refractivity contribution in [3.63, 3.8) is 0 Å². The van der Waals surface area contributed by atoms with Gasteiger partial charge in [-0.2, -0.15) is 0 Å². The van der Waals surface area contributed by atoms with E-state index in [0.717, 1.165) is 16.7 Å². The molecule has 0 saturated carbocycles. The molecule has 2 aromatic carbocycles. The molecule has 122 valence electrons. The largest absolute Gasteiger partial charge is 0.382 e. The monoisotopic (exact) mass is 321 g/mol. The molecule has 0 radical (unpaired) electrons. The first-order valence-electron chi connectivity index (χ1n) is 7.70. The number of nitrogens with one attached hydrogen (secondary N) is 1. The highest BCUT2D eigenvalue weighted by molar-refractivity contribution is 5.96. The molecule has 0 unspecified atom stereocenters. The topological polar surface area (TPSA) is 85.8 Å². The Balaban J connectivity index is 1.69. The van der Waals surface area contributed by atoms with E-state index in [2.05, 4.69) is 21.7 Å². The van der Waals surface area contributed by atoms with Crippen LogP contribution in [0, 0.1) is 6.92 Å². The van der Waals surface area contributed by atoms with Crippen LogP contribution in [0.15, 0.2) is 54.6 Å². The molecule has 0 atom stereocenters. The second-order valence-corrected chi connectivity index (χ2v) is 5.64. The number of amides is 1. The quantitative estimate of drug-likeness (QED) is 0.754. The maximum Gasteiger partial charge on any atom is 0.275 e. The summed E-state index contributed by atoms with van der Waals surface area (Å²) >= 11 is 0. The van der Waals surface area contributed by atoms with E-state index >= 15 is 0 Å². The van der Waals surface area contributed by atoms with Gasteiger partial charge in [0.1, 0.15) is 0 Å². The average molecular weight is 321 g/mol. The SMILES string of the molecule is Cc1cccc(Cn2nnc(C(=O)NCc3ccccc3)c2N)c1. The van der Waals surface area contributed by atoms with Crippen molar-refractivity contribution in [2.75, 3.05) is 5.73 Å². The second-order valence-electron chi connectivity index (χ2n) is 5.64. The Kier molecular flexibility index (Phi) is 4.56.